The highest BCUT2D eigenvalue weighted by Crippen LogP contribution is 2.23. The lowest BCUT2D eigenvalue weighted by Gasteiger charge is -2.35. The molecule has 1 aliphatic rings. The third-order valence-electron chi connectivity index (χ3n) is 4.74. The zero-order chi connectivity index (χ0) is 18.9. The Kier molecular flexibility index (Phi) is 7.45. The Labute approximate surface area is 166 Å². The number of ether oxygens (including phenoxy) is 2. The van der Waals surface area contributed by atoms with Gasteiger partial charge in [0.2, 0.25) is 0 Å². The van der Waals surface area contributed by atoms with Crippen LogP contribution < -0.4 is 15.4 Å². The molecular formula is C21H27N3O2S. The molecule has 1 aliphatic heterocycles. The van der Waals surface area contributed by atoms with Gasteiger partial charge in [-0.3, -0.25) is 4.90 Å². The molecular weight excluding hydrogens is 358 g/mol. The molecule has 2 aromatic carbocycles. The molecule has 0 saturated carbocycles. The molecule has 0 spiro atoms. The first-order valence-electron chi connectivity index (χ1n) is 9.27. The van der Waals surface area contributed by atoms with Crippen molar-refractivity contribution in [3.05, 3.63) is 65.7 Å². The lowest BCUT2D eigenvalue weighted by molar-refractivity contribution is 0.0170. The summed E-state index contributed by atoms with van der Waals surface area (Å²) in [5.74, 6) is 0.868. The van der Waals surface area contributed by atoms with Gasteiger partial charge in [0, 0.05) is 26.2 Å². The number of nitrogens with zero attached hydrogens (tertiary/aromatic N) is 1. The largest absolute Gasteiger partial charge is 0.497 e. The van der Waals surface area contributed by atoms with E-state index in [9.17, 15) is 0 Å². The molecule has 1 heterocycles. The van der Waals surface area contributed by atoms with Gasteiger partial charge in [0.15, 0.2) is 5.11 Å². The van der Waals surface area contributed by atoms with Gasteiger partial charge in [-0.15, -0.1) is 0 Å². The Morgan fingerprint density at radius 3 is 2.44 bits per heavy atom. The maximum Gasteiger partial charge on any atom is 0.166 e. The van der Waals surface area contributed by atoms with E-state index in [4.69, 9.17) is 21.7 Å². The van der Waals surface area contributed by atoms with Crippen LogP contribution in [0, 0.1) is 0 Å². The second-order valence-electron chi connectivity index (χ2n) is 6.49. The van der Waals surface area contributed by atoms with Gasteiger partial charge in [-0.05, 0) is 35.5 Å². The van der Waals surface area contributed by atoms with Gasteiger partial charge in [0.05, 0.1) is 26.4 Å². The minimum absolute atomic E-state index is 0.233. The van der Waals surface area contributed by atoms with E-state index in [0.717, 1.165) is 45.1 Å². The maximum absolute atomic E-state index is 5.52. The zero-order valence-electron chi connectivity index (χ0n) is 15.7. The number of rotatable bonds is 7. The Balaban J connectivity index is 1.59. The van der Waals surface area contributed by atoms with Crippen LogP contribution in [0.3, 0.4) is 0 Å². The number of nitrogens with one attached hydrogen (secondary N) is 2. The Bertz CT molecular complexity index is 703. The van der Waals surface area contributed by atoms with E-state index in [1.807, 2.05) is 30.3 Å². The minimum atomic E-state index is 0.233. The smallest absolute Gasteiger partial charge is 0.166 e. The molecule has 0 unspecified atom stereocenters. The zero-order valence-corrected chi connectivity index (χ0v) is 16.5. The van der Waals surface area contributed by atoms with Gasteiger partial charge in [-0.25, -0.2) is 0 Å². The van der Waals surface area contributed by atoms with E-state index in [1.165, 1.54) is 11.1 Å². The molecule has 2 N–H and O–H groups in total. The summed E-state index contributed by atoms with van der Waals surface area (Å²) in [7, 11) is 1.69. The number of hydrogen-bond acceptors (Lipinski definition) is 4. The summed E-state index contributed by atoms with van der Waals surface area (Å²) >= 11 is 5.48. The van der Waals surface area contributed by atoms with Crippen molar-refractivity contribution in [1.29, 1.82) is 0 Å². The van der Waals surface area contributed by atoms with Gasteiger partial charge < -0.3 is 20.1 Å². The molecule has 144 valence electrons. The fourth-order valence-corrected chi connectivity index (χ4v) is 3.36. The highest BCUT2D eigenvalue weighted by molar-refractivity contribution is 7.80. The normalized spacial score (nSPS) is 15.7. The van der Waals surface area contributed by atoms with Gasteiger partial charge >= 0.3 is 0 Å². The molecule has 0 radical (unpaired) electrons. The van der Waals surface area contributed by atoms with E-state index in [2.05, 4.69) is 39.8 Å². The van der Waals surface area contributed by atoms with Crippen LogP contribution in [0.2, 0.25) is 0 Å². The molecule has 0 amide bonds. The van der Waals surface area contributed by atoms with Crippen molar-refractivity contribution in [3.63, 3.8) is 0 Å². The third-order valence-corrected chi connectivity index (χ3v) is 5.03. The fourth-order valence-electron chi connectivity index (χ4n) is 3.20. The Morgan fingerprint density at radius 1 is 1.07 bits per heavy atom. The number of hydrogen-bond donors (Lipinski definition) is 2. The predicted molar refractivity (Wildman–Crippen MR) is 112 cm³/mol. The van der Waals surface area contributed by atoms with Crippen LogP contribution in [0.5, 0.6) is 5.75 Å². The van der Waals surface area contributed by atoms with Crippen LogP contribution in [0.25, 0.3) is 0 Å². The predicted octanol–water partition coefficient (Wildman–Crippen LogP) is 2.73. The second kappa shape index (κ2) is 10.3. The summed E-state index contributed by atoms with van der Waals surface area (Å²) < 4.78 is 10.8. The van der Waals surface area contributed by atoms with Crippen LogP contribution >= 0.6 is 12.2 Å². The minimum Gasteiger partial charge on any atom is -0.497 e. The molecule has 0 bridgehead atoms. The molecule has 5 nitrogen and oxygen atoms in total. The summed E-state index contributed by atoms with van der Waals surface area (Å²) in [6.07, 6.45) is 0. The molecule has 1 fully saturated rings. The van der Waals surface area contributed by atoms with Gasteiger partial charge in [0.25, 0.3) is 0 Å². The lowest BCUT2D eigenvalue weighted by atomic mass is 10.0. The van der Waals surface area contributed by atoms with Crippen LogP contribution in [0.1, 0.15) is 17.2 Å². The van der Waals surface area contributed by atoms with E-state index in [1.54, 1.807) is 7.11 Å². The first kappa shape index (κ1) is 19.6. The molecule has 3 rings (SSSR count). The summed E-state index contributed by atoms with van der Waals surface area (Å²) in [5.41, 5.74) is 2.46. The molecule has 2 aromatic rings. The molecule has 1 atom stereocenters. The average molecular weight is 386 g/mol. The SMILES string of the molecule is COc1ccc([C@@H](CNC(=S)NCc2ccccc2)N2CCOCC2)cc1. The average Bonchev–Trinajstić information content (AvgIpc) is 2.74. The van der Waals surface area contributed by atoms with Crippen molar-refractivity contribution in [2.45, 2.75) is 12.6 Å². The van der Waals surface area contributed by atoms with Crippen molar-refractivity contribution in [3.8, 4) is 5.75 Å². The molecule has 27 heavy (non-hydrogen) atoms. The van der Waals surface area contributed by atoms with E-state index in [-0.39, 0.29) is 6.04 Å². The second-order valence-corrected chi connectivity index (χ2v) is 6.89. The van der Waals surface area contributed by atoms with Crippen molar-refractivity contribution in [2.24, 2.45) is 0 Å². The van der Waals surface area contributed by atoms with Gasteiger partial charge in [0.1, 0.15) is 5.75 Å². The maximum atomic E-state index is 5.52. The summed E-state index contributed by atoms with van der Waals surface area (Å²) in [4.78, 5) is 2.44. The van der Waals surface area contributed by atoms with Crippen molar-refractivity contribution in [2.75, 3.05) is 40.0 Å². The first-order valence-corrected chi connectivity index (χ1v) is 9.68. The molecule has 0 aliphatic carbocycles. The Hall–Kier alpha value is -2.15. The van der Waals surface area contributed by atoms with E-state index in [0.29, 0.717) is 5.11 Å². The first-order chi connectivity index (χ1) is 13.3. The number of thiocarbonyl (C=S) groups is 1. The monoisotopic (exact) mass is 385 g/mol. The number of morpholine rings is 1. The van der Waals surface area contributed by atoms with Crippen molar-refractivity contribution < 1.29 is 9.47 Å². The number of benzene rings is 2. The van der Waals surface area contributed by atoms with Crippen LogP contribution in [0.4, 0.5) is 0 Å². The van der Waals surface area contributed by atoms with E-state index < -0.39 is 0 Å². The summed E-state index contributed by atoms with van der Waals surface area (Å²) in [6.45, 7) is 4.84. The van der Waals surface area contributed by atoms with Crippen LogP contribution in [-0.2, 0) is 11.3 Å². The Morgan fingerprint density at radius 2 is 1.78 bits per heavy atom. The standard InChI is InChI=1S/C21H27N3O2S/c1-25-19-9-7-18(8-10-19)20(24-11-13-26-14-12-24)16-23-21(27)22-15-17-5-3-2-4-6-17/h2-10,20H,11-16H2,1H3,(H2,22,23,27)/t20-/m1/s1. The van der Waals surface area contributed by atoms with Crippen molar-refractivity contribution >= 4 is 17.3 Å². The number of methoxy groups -OCH3 is 1. The topological polar surface area (TPSA) is 45.8 Å². The van der Waals surface area contributed by atoms with Crippen molar-refractivity contribution in [1.82, 2.24) is 15.5 Å². The quantitative estimate of drug-likeness (QED) is 0.715. The van der Waals surface area contributed by atoms with Gasteiger partial charge in [-0.2, -0.15) is 0 Å². The van der Waals surface area contributed by atoms with Crippen LogP contribution in [-0.4, -0.2) is 50.0 Å². The summed E-state index contributed by atoms with van der Waals surface area (Å²) in [6, 6.07) is 18.8. The highest BCUT2D eigenvalue weighted by Gasteiger charge is 2.22. The molecule has 1 saturated heterocycles. The lowest BCUT2D eigenvalue weighted by Crippen LogP contribution is -2.45. The van der Waals surface area contributed by atoms with E-state index >= 15 is 0 Å². The van der Waals surface area contributed by atoms with Gasteiger partial charge in [-0.1, -0.05) is 42.5 Å². The molecule has 6 heteroatoms. The molecule has 0 aromatic heterocycles. The highest BCUT2D eigenvalue weighted by atomic mass is 32.1. The van der Waals surface area contributed by atoms with Crippen LogP contribution in [0.15, 0.2) is 54.6 Å². The fraction of sp³-hybridized carbons (Fsp3) is 0.381. The third kappa shape index (κ3) is 5.92. The summed E-state index contributed by atoms with van der Waals surface area (Å²) in [5, 5.41) is 7.34.